The molecule has 1 atom stereocenters. The third kappa shape index (κ3) is 8.80. The fourth-order valence-electron chi connectivity index (χ4n) is 3.47. The smallest absolute Gasteiger partial charge is 0.433 e. The second-order valence-electron chi connectivity index (χ2n) is 8.26. The lowest BCUT2D eigenvalue weighted by molar-refractivity contribution is -0.141. The fraction of sp³-hybridized carbons (Fsp3) is 0.400. The molecule has 1 aromatic heterocycles. The van der Waals surface area contributed by atoms with Crippen LogP contribution in [0.3, 0.4) is 0 Å². The molecule has 0 N–H and O–H groups in total. The molecule has 0 aliphatic carbocycles. The maximum Gasteiger partial charge on any atom is 0.433 e. The number of hydrogen-bond donors (Lipinski definition) is 0. The van der Waals surface area contributed by atoms with Gasteiger partial charge in [0.2, 0.25) is 10.0 Å². The van der Waals surface area contributed by atoms with Crippen LogP contribution in [0.25, 0.3) is 0 Å². The number of sulfonamides is 1. The Bertz CT molecular complexity index is 1180. The number of aromatic nitrogens is 1. The number of rotatable bonds is 6. The molecule has 0 aromatic carbocycles. The Morgan fingerprint density at radius 3 is 2.57 bits per heavy atom. The van der Waals surface area contributed by atoms with Gasteiger partial charge in [-0.2, -0.15) is 26.3 Å². The van der Waals surface area contributed by atoms with Crippen LogP contribution in [-0.4, -0.2) is 42.3 Å². The van der Waals surface area contributed by atoms with Crippen LogP contribution >= 0.6 is 0 Å². The summed E-state index contributed by atoms with van der Waals surface area (Å²) in [6.07, 6.45) is -0.748. The van der Waals surface area contributed by atoms with E-state index in [2.05, 4.69) is 11.6 Å². The van der Waals surface area contributed by atoms with Gasteiger partial charge >= 0.3 is 12.4 Å². The minimum Gasteiger partial charge on any atom is -0.499 e. The van der Waals surface area contributed by atoms with E-state index in [1.807, 2.05) is 0 Å². The second-order valence-corrected chi connectivity index (χ2v) is 10.3. The van der Waals surface area contributed by atoms with Crippen molar-refractivity contribution in [3.8, 4) is 0 Å². The summed E-state index contributed by atoms with van der Waals surface area (Å²) >= 11 is 0. The Labute approximate surface area is 212 Å². The molecule has 1 aromatic rings. The molecule has 1 unspecified atom stereocenters. The largest absolute Gasteiger partial charge is 0.499 e. The van der Waals surface area contributed by atoms with Gasteiger partial charge in [0.15, 0.2) is 0 Å². The number of allylic oxidation sites excluding steroid dienone is 6. The molecule has 1 aliphatic rings. The average Bonchev–Trinajstić information content (AvgIpc) is 2.79. The molecule has 0 fully saturated rings. The van der Waals surface area contributed by atoms with Crippen LogP contribution in [0, 0.1) is 0 Å². The highest BCUT2D eigenvalue weighted by atomic mass is 32.2. The summed E-state index contributed by atoms with van der Waals surface area (Å²) in [5, 5.41) is -1.62. The molecule has 0 radical (unpaired) electrons. The summed E-state index contributed by atoms with van der Waals surface area (Å²) in [7, 11) is -4.31. The molecule has 0 amide bonds. The van der Waals surface area contributed by atoms with Crippen LogP contribution in [0.2, 0.25) is 0 Å². The molecule has 204 valence electrons. The third-order valence-corrected chi connectivity index (χ3v) is 7.57. The molecule has 2 rings (SSSR count). The third-order valence-electron chi connectivity index (χ3n) is 5.47. The SMILES string of the molecule is C=CC(/C=C(\C)C(F)(F)F)S(=O)(=O)N1CCO/C=C/C=C(/Cc2cccc(C(F)(F)F)n2)CCC=C1C. The summed E-state index contributed by atoms with van der Waals surface area (Å²) in [4.78, 5) is 3.68. The van der Waals surface area contributed by atoms with Crippen LogP contribution in [0.1, 0.15) is 38.1 Å². The molecular formula is C25H28F6N2O3S. The first-order valence-corrected chi connectivity index (χ1v) is 12.7. The van der Waals surface area contributed by atoms with Gasteiger partial charge in [-0.1, -0.05) is 35.9 Å². The quantitative estimate of drug-likeness (QED) is 0.300. The van der Waals surface area contributed by atoms with E-state index in [4.69, 9.17) is 4.74 Å². The molecule has 2 heterocycles. The molecule has 5 nitrogen and oxygen atoms in total. The first-order valence-electron chi connectivity index (χ1n) is 11.2. The highest BCUT2D eigenvalue weighted by Gasteiger charge is 2.35. The normalized spacial score (nSPS) is 19.9. The monoisotopic (exact) mass is 550 g/mol. The number of halogens is 6. The Morgan fingerprint density at radius 1 is 1.24 bits per heavy atom. The van der Waals surface area contributed by atoms with E-state index in [9.17, 15) is 34.8 Å². The Hall–Kier alpha value is -3.02. The van der Waals surface area contributed by atoms with Crippen molar-refractivity contribution in [2.24, 2.45) is 0 Å². The summed E-state index contributed by atoms with van der Waals surface area (Å²) < 4.78 is 111. The average molecular weight is 551 g/mol. The zero-order valence-corrected chi connectivity index (χ0v) is 21.1. The van der Waals surface area contributed by atoms with Crippen molar-refractivity contribution >= 4 is 10.0 Å². The lowest BCUT2D eigenvalue weighted by Gasteiger charge is -2.28. The van der Waals surface area contributed by atoms with Gasteiger partial charge in [-0.15, -0.1) is 6.58 Å². The first kappa shape index (κ1) is 30.2. The topological polar surface area (TPSA) is 59.5 Å². The summed E-state index contributed by atoms with van der Waals surface area (Å²) in [5.41, 5.74) is -0.851. The van der Waals surface area contributed by atoms with Crippen LogP contribution < -0.4 is 0 Å². The van der Waals surface area contributed by atoms with Crippen LogP contribution in [-0.2, 0) is 27.4 Å². The van der Waals surface area contributed by atoms with E-state index in [-0.39, 0.29) is 31.0 Å². The summed E-state index contributed by atoms with van der Waals surface area (Å²) in [6.45, 7) is 5.45. The van der Waals surface area contributed by atoms with Crippen molar-refractivity contribution in [2.75, 3.05) is 13.2 Å². The van der Waals surface area contributed by atoms with Crippen LogP contribution in [0.5, 0.6) is 0 Å². The van der Waals surface area contributed by atoms with Crippen molar-refractivity contribution in [3.05, 3.63) is 89.7 Å². The zero-order chi connectivity index (χ0) is 27.9. The Kier molecular flexibility index (Phi) is 10.2. The van der Waals surface area contributed by atoms with Gasteiger partial charge < -0.3 is 4.74 Å². The van der Waals surface area contributed by atoms with E-state index in [0.717, 1.165) is 28.9 Å². The van der Waals surface area contributed by atoms with Gasteiger partial charge in [-0.25, -0.2) is 13.4 Å². The molecule has 0 saturated carbocycles. The number of nitrogens with zero attached hydrogens (tertiary/aromatic N) is 2. The second kappa shape index (κ2) is 12.5. The molecule has 37 heavy (non-hydrogen) atoms. The molecule has 0 spiro atoms. The van der Waals surface area contributed by atoms with Crippen LogP contribution in [0.4, 0.5) is 26.3 Å². The first-order chi connectivity index (χ1) is 17.2. The minimum atomic E-state index is -4.69. The van der Waals surface area contributed by atoms with Gasteiger partial charge in [-0.3, -0.25) is 4.31 Å². The zero-order valence-electron chi connectivity index (χ0n) is 20.3. The molecule has 0 saturated heterocycles. The van der Waals surface area contributed by atoms with Crippen molar-refractivity contribution < 1.29 is 39.5 Å². The Morgan fingerprint density at radius 2 is 1.95 bits per heavy atom. The summed E-state index contributed by atoms with van der Waals surface area (Å²) in [6, 6.07) is 3.64. The van der Waals surface area contributed by atoms with Crippen molar-refractivity contribution in [2.45, 2.75) is 50.7 Å². The maximum atomic E-state index is 13.2. The van der Waals surface area contributed by atoms with E-state index >= 15 is 0 Å². The van der Waals surface area contributed by atoms with E-state index in [1.54, 1.807) is 18.2 Å². The van der Waals surface area contributed by atoms with E-state index in [1.165, 1.54) is 25.3 Å². The fourth-order valence-corrected chi connectivity index (χ4v) is 5.19. The van der Waals surface area contributed by atoms with Gasteiger partial charge in [0.25, 0.3) is 0 Å². The predicted molar refractivity (Wildman–Crippen MR) is 129 cm³/mol. The highest BCUT2D eigenvalue weighted by Crippen LogP contribution is 2.29. The number of ether oxygens (including phenoxy) is 1. The van der Waals surface area contributed by atoms with Crippen molar-refractivity contribution in [1.29, 1.82) is 0 Å². The predicted octanol–water partition coefficient (Wildman–Crippen LogP) is 6.49. The molecular weight excluding hydrogens is 522 g/mol. The van der Waals surface area contributed by atoms with E-state index in [0.29, 0.717) is 18.9 Å². The molecule has 0 bridgehead atoms. The van der Waals surface area contributed by atoms with Crippen molar-refractivity contribution in [3.63, 3.8) is 0 Å². The maximum absolute atomic E-state index is 13.2. The summed E-state index contributed by atoms with van der Waals surface area (Å²) in [5.74, 6) is 0. The number of alkyl halides is 6. The molecule has 12 heteroatoms. The van der Waals surface area contributed by atoms with Crippen LogP contribution in [0.15, 0.2) is 78.3 Å². The number of hydrogen-bond acceptors (Lipinski definition) is 4. The standard InChI is InChI=1S/C25H28F6N2O3S/c1-4-22(16-18(2)24(26,27)28)37(34,35)33-13-15-36-14-7-10-20(9-5-8-19(33)3)17-21-11-6-12-23(32-21)25(29,30)31/h4,6-8,10-12,14,16,22H,1,5,9,13,15,17H2,2-3H3/b14-7+,18-16+,19-8?,20-10+. The lowest BCUT2D eigenvalue weighted by atomic mass is 10.0. The molecule has 1 aliphatic heterocycles. The van der Waals surface area contributed by atoms with E-state index < -0.39 is 38.9 Å². The van der Waals surface area contributed by atoms with Gasteiger partial charge in [0.1, 0.15) is 17.6 Å². The number of pyridine rings is 1. The Balaban J connectivity index is 2.30. The van der Waals surface area contributed by atoms with Gasteiger partial charge in [-0.05, 0) is 44.9 Å². The minimum absolute atomic E-state index is 0.0922. The lowest BCUT2D eigenvalue weighted by Crippen LogP contribution is -2.38. The highest BCUT2D eigenvalue weighted by molar-refractivity contribution is 7.90. The van der Waals surface area contributed by atoms with Gasteiger partial charge in [0.05, 0.1) is 12.8 Å². The van der Waals surface area contributed by atoms with Gasteiger partial charge in [0, 0.05) is 23.4 Å². The van der Waals surface area contributed by atoms with Crippen molar-refractivity contribution in [1.82, 2.24) is 9.29 Å².